The summed E-state index contributed by atoms with van der Waals surface area (Å²) in [5.74, 6) is 0.355. The van der Waals surface area contributed by atoms with Crippen LogP contribution in [0.4, 0.5) is 0 Å². The van der Waals surface area contributed by atoms with E-state index in [1.807, 2.05) is 12.1 Å². The number of halogens is 1. The number of ether oxygens (including phenoxy) is 1. The van der Waals surface area contributed by atoms with Gasteiger partial charge in [-0.3, -0.25) is 0 Å². The molecule has 4 heteroatoms. The van der Waals surface area contributed by atoms with Gasteiger partial charge in [0.15, 0.2) is 0 Å². The molecule has 0 spiro atoms. The molecule has 2 rings (SSSR count). The number of aromatic hydroxyl groups is 1. The van der Waals surface area contributed by atoms with E-state index in [2.05, 4.69) is 42.0 Å². The predicted molar refractivity (Wildman–Crippen MR) is 85.0 cm³/mol. The summed E-state index contributed by atoms with van der Waals surface area (Å²) in [5.41, 5.74) is 1.09. The molecule has 3 unspecified atom stereocenters. The summed E-state index contributed by atoms with van der Waals surface area (Å²) in [6.07, 6.45) is 2.27. The van der Waals surface area contributed by atoms with Crippen LogP contribution in [-0.2, 0) is 4.74 Å². The van der Waals surface area contributed by atoms with Gasteiger partial charge in [0.05, 0.1) is 6.10 Å². The standard InChI is InChI=1S/C16H24BrNO2/c1-5-12(11-8-10(17)6-7-13(11)19)18-14-9-15(20-4)16(14,2)3/h6-8,12,14-15,18-19H,5,9H2,1-4H3. The minimum absolute atomic E-state index is 0.129. The van der Waals surface area contributed by atoms with Crippen LogP contribution in [0.1, 0.15) is 45.2 Å². The van der Waals surface area contributed by atoms with Crippen LogP contribution < -0.4 is 5.32 Å². The van der Waals surface area contributed by atoms with Crippen molar-refractivity contribution in [2.45, 2.75) is 51.8 Å². The fraction of sp³-hybridized carbons (Fsp3) is 0.625. The highest BCUT2D eigenvalue weighted by molar-refractivity contribution is 9.10. The van der Waals surface area contributed by atoms with E-state index in [0.29, 0.717) is 17.9 Å². The van der Waals surface area contributed by atoms with Gasteiger partial charge < -0.3 is 15.2 Å². The van der Waals surface area contributed by atoms with Crippen molar-refractivity contribution < 1.29 is 9.84 Å². The van der Waals surface area contributed by atoms with Crippen molar-refractivity contribution in [3.63, 3.8) is 0 Å². The molecule has 1 aromatic carbocycles. The molecule has 2 N–H and O–H groups in total. The van der Waals surface area contributed by atoms with E-state index >= 15 is 0 Å². The zero-order valence-corrected chi connectivity index (χ0v) is 14.2. The first-order valence-corrected chi connectivity index (χ1v) is 7.96. The van der Waals surface area contributed by atoms with Crippen LogP contribution in [0.3, 0.4) is 0 Å². The number of phenols is 1. The number of hydrogen-bond acceptors (Lipinski definition) is 3. The summed E-state index contributed by atoms with van der Waals surface area (Å²) < 4.78 is 6.49. The van der Waals surface area contributed by atoms with Crippen molar-refractivity contribution in [3.8, 4) is 5.75 Å². The van der Waals surface area contributed by atoms with Gasteiger partial charge >= 0.3 is 0 Å². The first kappa shape index (κ1) is 15.8. The molecular formula is C16H24BrNO2. The maximum absolute atomic E-state index is 10.1. The van der Waals surface area contributed by atoms with E-state index in [4.69, 9.17) is 4.74 Å². The lowest BCUT2D eigenvalue weighted by molar-refractivity contribution is -0.101. The molecule has 1 aromatic rings. The van der Waals surface area contributed by atoms with Crippen molar-refractivity contribution in [3.05, 3.63) is 28.2 Å². The molecule has 1 aliphatic rings. The van der Waals surface area contributed by atoms with Crippen molar-refractivity contribution in [1.29, 1.82) is 0 Å². The number of hydrogen-bond donors (Lipinski definition) is 2. The Morgan fingerprint density at radius 3 is 2.75 bits per heavy atom. The molecule has 0 amide bonds. The number of benzene rings is 1. The van der Waals surface area contributed by atoms with Gasteiger partial charge in [-0.1, -0.05) is 36.7 Å². The third-order valence-corrected chi connectivity index (χ3v) is 5.13. The van der Waals surface area contributed by atoms with E-state index in [1.165, 1.54) is 0 Å². The third kappa shape index (κ3) is 2.87. The molecule has 0 radical (unpaired) electrons. The van der Waals surface area contributed by atoms with Crippen LogP contribution in [0.2, 0.25) is 0 Å². The van der Waals surface area contributed by atoms with Crippen molar-refractivity contribution in [1.82, 2.24) is 5.32 Å². The van der Waals surface area contributed by atoms with E-state index in [9.17, 15) is 5.11 Å². The molecule has 3 atom stereocenters. The maximum atomic E-state index is 10.1. The molecule has 1 fully saturated rings. The van der Waals surface area contributed by atoms with Crippen LogP contribution >= 0.6 is 15.9 Å². The number of nitrogens with one attached hydrogen (secondary N) is 1. The lowest BCUT2D eigenvalue weighted by atomic mass is 9.64. The van der Waals surface area contributed by atoms with Crippen LogP contribution in [-0.4, -0.2) is 24.4 Å². The molecule has 0 aliphatic heterocycles. The molecular weight excluding hydrogens is 318 g/mol. The lowest BCUT2D eigenvalue weighted by Crippen LogP contribution is -2.61. The van der Waals surface area contributed by atoms with Gasteiger partial charge in [0.1, 0.15) is 5.75 Å². The van der Waals surface area contributed by atoms with Gasteiger partial charge in [-0.25, -0.2) is 0 Å². The lowest BCUT2D eigenvalue weighted by Gasteiger charge is -2.52. The minimum atomic E-state index is 0.129. The summed E-state index contributed by atoms with van der Waals surface area (Å²) in [6.45, 7) is 6.60. The number of phenolic OH excluding ortho intramolecular Hbond substituents is 1. The van der Waals surface area contributed by atoms with Crippen molar-refractivity contribution in [2.75, 3.05) is 7.11 Å². The molecule has 20 heavy (non-hydrogen) atoms. The van der Waals surface area contributed by atoms with Crippen LogP contribution in [0.5, 0.6) is 5.75 Å². The molecule has 0 heterocycles. The highest BCUT2D eigenvalue weighted by atomic mass is 79.9. The quantitative estimate of drug-likeness (QED) is 0.850. The second kappa shape index (κ2) is 6.04. The van der Waals surface area contributed by atoms with Crippen LogP contribution in [0.15, 0.2) is 22.7 Å². The highest BCUT2D eigenvalue weighted by Gasteiger charge is 2.49. The Balaban J connectivity index is 2.13. The maximum Gasteiger partial charge on any atom is 0.120 e. The van der Waals surface area contributed by atoms with Crippen molar-refractivity contribution in [2.24, 2.45) is 5.41 Å². The topological polar surface area (TPSA) is 41.5 Å². The average Bonchev–Trinajstić information content (AvgIpc) is 2.41. The third-order valence-electron chi connectivity index (χ3n) is 4.64. The Bertz CT molecular complexity index is 476. The summed E-state index contributed by atoms with van der Waals surface area (Å²) in [4.78, 5) is 0. The summed E-state index contributed by atoms with van der Waals surface area (Å²) in [7, 11) is 1.78. The normalized spacial score (nSPS) is 26.1. The number of rotatable bonds is 5. The van der Waals surface area contributed by atoms with Crippen LogP contribution in [0, 0.1) is 5.41 Å². The minimum Gasteiger partial charge on any atom is -0.508 e. The van der Waals surface area contributed by atoms with E-state index in [-0.39, 0.29) is 11.5 Å². The Labute approximate surface area is 129 Å². The van der Waals surface area contributed by atoms with Gasteiger partial charge in [0, 0.05) is 34.6 Å². The van der Waals surface area contributed by atoms with E-state index < -0.39 is 0 Å². The first-order valence-electron chi connectivity index (χ1n) is 7.17. The summed E-state index contributed by atoms with van der Waals surface area (Å²) in [6, 6.07) is 6.17. The summed E-state index contributed by atoms with van der Waals surface area (Å²) in [5, 5.41) is 13.8. The molecule has 1 saturated carbocycles. The van der Waals surface area contributed by atoms with Gasteiger partial charge in [0.2, 0.25) is 0 Å². The Hall–Kier alpha value is -0.580. The molecule has 0 bridgehead atoms. The van der Waals surface area contributed by atoms with Gasteiger partial charge in [-0.15, -0.1) is 0 Å². The van der Waals surface area contributed by atoms with Gasteiger partial charge in [-0.05, 0) is 31.0 Å². The molecule has 0 saturated heterocycles. The Morgan fingerprint density at radius 1 is 1.50 bits per heavy atom. The number of methoxy groups -OCH3 is 1. The first-order chi connectivity index (χ1) is 9.40. The van der Waals surface area contributed by atoms with Gasteiger partial charge in [0.25, 0.3) is 0 Å². The Kier molecular flexibility index (Phi) is 4.77. The monoisotopic (exact) mass is 341 g/mol. The molecule has 1 aliphatic carbocycles. The predicted octanol–water partition coefficient (Wildman–Crippen LogP) is 4.01. The Morgan fingerprint density at radius 2 is 2.20 bits per heavy atom. The second-order valence-corrected chi connectivity index (χ2v) is 7.08. The molecule has 0 aromatic heterocycles. The van der Waals surface area contributed by atoms with E-state index in [0.717, 1.165) is 22.9 Å². The fourth-order valence-corrected chi connectivity index (χ4v) is 3.42. The largest absolute Gasteiger partial charge is 0.508 e. The second-order valence-electron chi connectivity index (χ2n) is 6.16. The van der Waals surface area contributed by atoms with E-state index in [1.54, 1.807) is 13.2 Å². The summed E-state index contributed by atoms with van der Waals surface area (Å²) >= 11 is 3.48. The SMILES string of the molecule is CCC(NC1CC(OC)C1(C)C)c1cc(Br)ccc1O. The average molecular weight is 342 g/mol. The fourth-order valence-electron chi connectivity index (χ4n) is 3.04. The van der Waals surface area contributed by atoms with Crippen LogP contribution in [0.25, 0.3) is 0 Å². The molecule has 112 valence electrons. The zero-order chi connectivity index (χ0) is 14.9. The highest BCUT2D eigenvalue weighted by Crippen LogP contribution is 2.44. The smallest absolute Gasteiger partial charge is 0.120 e. The molecule has 3 nitrogen and oxygen atoms in total. The van der Waals surface area contributed by atoms with Gasteiger partial charge in [-0.2, -0.15) is 0 Å². The van der Waals surface area contributed by atoms with Crippen molar-refractivity contribution >= 4 is 15.9 Å². The zero-order valence-electron chi connectivity index (χ0n) is 12.6.